The van der Waals surface area contributed by atoms with E-state index >= 15 is 0 Å². The number of aromatic nitrogens is 1. The van der Waals surface area contributed by atoms with Crippen LogP contribution in [0.25, 0.3) is 10.9 Å². The number of hydrogen-bond donors (Lipinski definition) is 2. The van der Waals surface area contributed by atoms with Crippen LogP contribution in [0.4, 0.5) is 0 Å². The summed E-state index contributed by atoms with van der Waals surface area (Å²) in [4.78, 5) is 17.8. The number of rotatable bonds is 4. The van der Waals surface area contributed by atoms with Crippen molar-refractivity contribution in [3.8, 4) is 0 Å². The molecule has 3 rings (SSSR count). The third-order valence-corrected chi connectivity index (χ3v) is 4.22. The number of hydrogen-bond acceptors (Lipinski definition) is 2. The number of nitrogens with zero attached hydrogens (tertiary/aromatic N) is 1. The number of fused-ring (bicyclic) bond motifs is 1. The molecule has 0 unspecified atom stereocenters. The van der Waals surface area contributed by atoms with Gasteiger partial charge in [0.15, 0.2) is 0 Å². The quantitative estimate of drug-likeness (QED) is 0.897. The van der Waals surface area contributed by atoms with Gasteiger partial charge in [-0.15, -0.1) is 0 Å². The van der Waals surface area contributed by atoms with Crippen LogP contribution in [0.1, 0.15) is 30.1 Å². The van der Waals surface area contributed by atoms with Crippen molar-refractivity contribution in [2.24, 2.45) is 0 Å². The Morgan fingerprint density at radius 2 is 2.35 bits per heavy atom. The fraction of sp³-hybridized carbons (Fsp3) is 0.438. The summed E-state index contributed by atoms with van der Waals surface area (Å²) in [5.74, 6) is 0.0180. The SMILES string of the molecule is CCN1CCC[C@@H]1CNC(=O)c1ccc2cc[nH]c2c1. The molecule has 1 aliphatic heterocycles. The lowest BCUT2D eigenvalue weighted by atomic mass is 10.1. The summed E-state index contributed by atoms with van der Waals surface area (Å²) in [6.45, 7) is 5.15. The van der Waals surface area contributed by atoms with E-state index in [4.69, 9.17) is 0 Å². The molecule has 0 saturated carbocycles. The van der Waals surface area contributed by atoms with Crippen LogP contribution in [0.2, 0.25) is 0 Å². The maximum Gasteiger partial charge on any atom is 0.251 e. The van der Waals surface area contributed by atoms with Gasteiger partial charge in [-0.2, -0.15) is 0 Å². The van der Waals surface area contributed by atoms with Gasteiger partial charge in [-0.05, 0) is 49.5 Å². The zero-order valence-electron chi connectivity index (χ0n) is 11.9. The van der Waals surface area contributed by atoms with Crippen LogP contribution in [0, 0.1) is 0 Å². The largest absolute Gasteiger partial charge is 0.361 e. The average molecular weight is 271 g/mol. The standard InChI is InChI=1S/C16H21N3O/c1-2-19-9-3-4-14(19)11-18-16(20)13-6-5-12-7-8-17-15(12)10-13/h5-8,10,14,17H,2-4,9,11H2,1H3,(H,18,20)/t14-/m1/s1. The number of nitrogens with one attached hydrogen (secondary N) is 2. The lowest BCUT2D eigenvalue weighted by molar-refractivity contribution is 0.0941. The number of benzene rings is 1. The third-order valence-electron chi connectivity index (χ3n) is 4.22. The smallest absolute Gasteiger partial charge is 0.251 e. The van der Waals surface area contributed by atoms with Crippen molar-refractivity contribution in [1.29, 1.82) is 0 Å². The fourth-order valence-electron chi connectivity index (χ4n) is 3.04. The van der Waals surface area contributed by atoms with Crippen molar-refractivity contribution >= 4 is 16.8 Å². The Morgan fingerprint density at radius 3 is 3.20 bits per heavy atom. The maximum absolute atomic E-state index is 12.2. The molecular formula is C16H21N3O. The van der Waals surface area contributed by atoms with Crippen LogP contribution in [-0.2, 0) is 0 Å². The topological polar surface area (TPSA) is 48.1 Å². The number of likely N-dealkylation sites (N-methyl/N-ethyl adjacent to an activating group) is 1. The molecule has 20 heavy (non-hydrogen) atoms. The Hall–Kier alpha value is -1.81. The van der Waals surface area contributed by atoms with E-state index in [1.807, 2.05) is 30.5 Å². The molecule has 1 aliphatic rings. The first kappa shape index (κ1) is 13.2. The summed E-state index contributed by atoms with van der Waals surface area (Å²) in [6, 6.07) is 8.29. The first-order chi connectivity index (χ1) is 9.78. The van der Waals surface area contributed by atoms with Gasteiger partial charge in [-0.25, -0.2) is 0 Å². The fourth-order valence-corrected chi connectivity index (χ4v) is 3.04. The molecule has 106 valence electrons. The van der Waals surface area contributed by atoms with Crippen molar-refractivity contribution in [3.63, 3.8) is 0 Å². The summed E-state index contributed by atoms with van der Waals surface area (Å²) in [6.07, 6.45) is 4.32. The van der Waals surface area contributed by atoms with E-state index in [0.717, 1.165) is 36.1 Å². The maximum atomic E-state index is 12.2. The van der Waals surface area contributed by atoms with Crippen molar-refractivity contribution in [2.45, 2.75) is 25.8 Å². The van der Waals surface area contributed by atoms with Gasteiger partial charge in [0.05, 0.1) is 0 Å². The van der Waals surface area contributed by atoms with Gasteiger partial charge in [-0.3, -0.25) is 9.69 Å². The van der Waals surface area contributed by atoms with Crippen LogP contribution in [0.3, 0.4) is 0 Å². The first-order valence-corrected chi connectivity index (χ1v) is 7.37. The first-order valence-electron chi connectivity index (χ1n) is 7.37. The van der Waals surface area contributed by atoms with Crippen molar-refractivity contribution in [3.05, 3.63) is 36.0 Å². The Bertz CT molecular complexity index is 605. The molecule has 0 bridgehead atoms. The molecule has 0 radical (unpaired) electrons. The van der Waals surface area contributed by atoms with Gasteiger partial charge in [0.25, 0.3) is 5.91 Å². The molecule has 1 amide bonds. The van der Waals surface area contributed by atoms with Crippen molar-refractivity contribution in [1.82, 2.24) is 15.2 Å². The second-order valence-corrected chi connectivity index (χ2v) is 5.41. The monoisotopic (exact) mass is 271 g/mol. The molecule has 0 aliphatic carbocycles. The number of carbonyl (C=O) groups is 1. The van der Waals surface area contributed by atoms with E-state index in [1.54, 1.807) is 0 Å². The third kappa shape index (κ3) is 2.56. The van der Waals surface area contributed by atoms with Crippen LogP contribution in [0.5, 0.6) is 0 Å². The van der Waals surface area contributed by atoms with E-state index in [9.17, 15) is 4.79 Å². The van der Waals surface area contributed by atoms with E-state index < -0.39 is 0 Å². The number of H-pyrrole nitrogens is 1. The molecule has 2 heterocycles. The normalized spacial score (nSPS) is 19.6. The second-order valence-electron chi connectivity index (χ2n) is 5.41. The molecular weight excluding hydrogens is 250 g/mol. The molecule has 0 spiro atoms. The summed E-state index contributed by atoms with van der Waals surface area (Å²) in [5.41, 5.74) is 1.73. The van der Waals surface area contributed by atoms with Crippen LogP contribution >= 0.6 is 0 Å². The Labute approximate surface area is 119 Å². The van der Waals surface area contributed by atoms with Gasteiger partial charge in [0.2, 0.25) is 0 Å². The number of aromatic amines is 1. The van der Waals surface area contributed by atoms with E-state index in [0.29, 0.717) is 6.04 Å². The highest BCUT2D eigenvalue weighted by Crippen LogP contribution is 2.17. The summed E-state index contributed by atoms with van der Waals surface area (Å²) < 4.78 is 0. The lowest BCUT2D eigenvalue weighted by Gasteiger charge is -2.22. The highest BCUT2D eigenvalue weighted by atomic mass is 16.1. The number of likely N-dealkylation sites (tertiary alicyclic amines) is 1. The predicted octanol–water partition coefficient (Wildman–Crippen LogP) is 2.38. The van der Waals surface area contributed by atoms with Crippen LogP contribution in [0.15, 0.2) is 30.5 Å². The van der Waals surface area contributed by atoms with E-state index in [-0.39, 0.29) is 5.91 Å². The molecule has 1 fully saturated rings. The summed E-state index contributed by atoms with van der Waals surface area (Å²) in [5, 5.41) is 4.20. The van der Waals surface area contributed by atoms with Crippen LogP contribution < -0.4 is 5.32 Å². The van der Waals surface area contributed by atoms with Gasteiger partial charge < -0.3 is 10.3 Å². The van der Waals surface area contributed by atoms with E-state index in [1.165, 1.54) is 12.8 Å². The molecule has 1 aromatic carbocycles. The molecule has 1 saturated heterocycles. The van der Waals surface area contributed by atoms with Gasteiger partial charge in [0, 0.05) is 29.9 Å². The Morgan fingerprint density at radius 1 is 1.45 bits per heavy atom. The van der Waals surface area contributed by atoms with Gasteiger partial charge in [0.1, 0.15) is 0 Å². The number of carbonyl (C=O) groups excluding carboxylic acids is 1. The summed E-state index contributed by atoms with van der Waals surface area (Å²) >= 11 is 0. The molecule has 4 heteroatoms. The predicted molar refractivity (Wildman–Crippen MR) is 80.9 cm³/mol. The van der Waals surface area contributed by atoms with E-state index in [2.05, 4.69) is 22.1 Å². The molecule has 4 nitrogen and oxygen atoms in total. The minimum atomic E-state index is 0.0180. The zero-order chi connectivity index (χ0) is 13.9. The van der Waals surface area contributed by atoms with Crippen LogP contribution in [-0.4, -0.2) is 41.5 Å². The Balaban J connectivity index is 1.63. The molecule has 1 aromatic heterocycles. The van der Waals surface area contributed by atoms with Crippen molar-refractivity contribution in [2.75, 3.05) is 19.6 Å². The zero-order valence-corrected chi connectivity index (χ0v) is 11.9. The molecule has 2 aromatic rings. The lowest BCUT2D eigenvalue weighted by Crippen LogP contribution is -2.40. The molecule has 2 N–H and O–H groups in total. The molecule has 1 atom stereocenters. The second kappa shape index (κ2) is 5.67. The highest BCUT2D eigenvalue weighted by Gasteiger charge is 2.23. The van der Waals surface area contributed by atoms with Gasteiger partial charge in [-0.1, -0.05) is 13.0 Å². The van der Waals surface area contributed by atoms with Gasteiger partial charge >= 0.3 is 0 Å². The minimum absolute atomic E-state index is 0.0180. The summed E-state index contributed by atoms with van der Waals surface area (Å²) in [7, 11) is 0. The van der Waals surface area contributed by atoms with Crippen molar-refractivity contribution < 1.29 is 4.79 Å². The number of amides is 1. The average Bonchev–Trinajstić information content (AvgIpc) is 3.12. The minimum Gasteiger partial charge on any atom is -0.361 e. The Kier molecular flexibility index (Phi) is 3.74. The highest BCUT2D eigenvalue weighted by molar-refractivity contribution is 5.97.